The van der Waals surface area contributed by atoms with Crippen LogP contribution in [-0.2, 0) is 10.9 Å². The molecule has 1 aromatic rings. The van der Waals surface area contributed by atoms with E-state index in [0.717, 1.165) is 0 Å². The Labute approximate surface area is 128 Å². The highest BCUT2D eigenvalue weighted by Crippen LogP contribution is 2.38. The summed E-state index contributed by atoms with van der Waals surface area (Å²) in [5.41, 5.74) is -4.84. The SMILES string of the molecule is CC(C)(C)OC(=O)Nc1cc(C=O)c([N+](=O)[O-])cc1C(F)(F)F. The molecular formula is C13H13F3N2O5. The average molecular weight is 334 g/mol. The highest BCUT2D eigenvalue weighted by Gasteiger charge is 2.37. The van der Waals surface area contributed by atoms with Gasteiger partial charge in [0.2, 0.25) is 0 Å². The van der Waals surface area contributed by atoms with Crippen LogP contribution in [0.3, 0.4) is 0 Å². The first-order chi connectivity index (χ1) is 10.3. The molecule has 23 heavy (non-hydrogen) atoms. The molecule has 0 fully saturated rings. The summed E-state index contributed by atoms with van der Waals surface area (Å²) in [6.07, 6.45) is -6.14. The van der Waals surface area contributed by atoms with Gasteiger partial charge in [0, 0.05) is 6.07 Å². The molecule has 1 N–H and O–H groups in total. The van der Waals surface area contributed by atoms with Gasteiger partial charge in [-0.3, -0.25) is 20.2 Å². The monoisotopic (exact) mass is 334 g/mol. The van der Waals surface area contributed by atoms with Crippen LogP contribution in [0.4, 0.5) is 29.3 Å². The number of nitrogens with zero attached hydrogens (tertiary/aromatic N) is 1. The van der Waals surface area contributed by atoms with Gasteiger partial charge in [-0.15, -0.1) is 0 Å². The minimum absolute atomic E-state index is 0.0263. The van der Waals surface area contributed by atoms with Gasteiger partial charge in [0.15, 0.2) is 6.29 Å². The summed E-state index contributed by atoms with van der Waals surface area (Å²) in [4.78, 5) is 32.1. The summed E-state index contributed by atoms with van der Waals surface area (Å²) < 4.78 is 43.9. The van der Waals surface area contributed by atoms with Crippen molar-refractivity contribution in [1.29, 1.82) is 0 Å². The van der Waals surface area contributed by atoms with E-state index in [9.17, 15) is 32.9 Å². The number of hydrogen-bond donors (Lipinski definition) is 1. The fourth-order valence-corrected chi connectivity index (χ4v) is 1.61. The molecule has 0 bridgehead atoms. The summed E-state index contributed by atoms with van der Waals surface area (Å²) in [5, 5.41) is 12.6. The van der Waals surface area contributed by atoms with Gasteiger partial charge < -0.3 is 4.74 Å². The topological polar surface area (TPSA) is 98.5 Å². The highest BCUT2D eigenvalue weighted by atomic mass is 19.4. The quantitative estimate of drug-likeness (QED) is 0.515. The molecule has 0 unspecified atom stereocenters. The third-order valence-electron chi connectivity index (χ3n) is 2.43. The molecule has 1 aromatic carbocycles. The van der Waals surface area contributed by atoms with E-state index < -0.39 is 45.3 Å². The number of benzene rings is 1. The molecule has 1 amide bonds. The Bertz CT molecular complexity index is 650. The van der Waals surface area contributed by atoms with E-state index in [4.69, 9.17) is 4.74 Å². The predicted octanol–water partition coefficient (Wildman–Crippen LogP) is 3.77. The predicted molar refractivity (Wildman–Crippen MR) is 73.3 cm³/mol. The van der Waals surface area contributed by atoms with Crippen LogP contribution in [0.15, 0.2) is 12.1 Å². The number of halogens is 3. The Hall–Kier alpha value is -2.65. The Morgan fingerprint density at radius 3 is 2.26 bits per heavy atom. The van der Waals surface area contributed by atoms with Crippen molar-refractivity contribution in [2.45, 2.75) is 32.5 Å². The number of hydrogen-bond acceptors (Lipinski definition) is 5. The van der Waals surface area contributed by atoms with Crippen LogP contribution in [0, 0.1) is 10.1 Å². The lowest BCUT2D eigenvalue weighted by Gasteiger charge is -2.21. The molecule has 7 nitrogen and oxygen atoms in total. The maximum atomic E-state index is 13.0. The maximum Gasteiger partial charge on any atom is 0.418 e. The molecule has 0 saturated carbocycles. The van der Waals surface area contributed by atoms with Crippen LogP contribution in [-0.4, -0.2) is 22.9 Å². The normalized spacial score (nSPS) is 11.7. The van der Waals surface area contributed by atoms with Gasteiger partial charge in [-0.05, 0) is 26.8 Å². The number of carbonyl (C=O) groups excluding carboxylic acids is 2. The third-order valence-corrected chi connectivity index (χ3v) is 2.43. The van der Waals surface area contributed by atoms with E-state index in [1.54, 1.807) is 0 Å². The number of alkyl halides is 3. The van der Waals surface area contributed by atoms with E-state index in [1.165, 1.54) is 20.8 Å². The van der Waals surface area contributed by atoms with Crippen LogP contribution in [0.2, 0.25) is 0 Å². The van der Waals surface area contributed by atoms with E-state index in [2.05, 4.69) is 0 Å². The van der Waals surface area contributed by atoms with Gasteiger partial charge in [0.1, 0.15) is 5.60 Å². The zero-order valence-corrected chi connectivity index (χ0v) is 12.4. The van der Waals surface area contributed by atoms with Gasteiger partial charge in [0.25, 0.3) is 5.69 Å². The first-order valence-electron chi connectivity index (χ1n) is 6.20. The molecule has 0 atom stereocenters. The standard InChI is InChI=1S/C13H13F3N2O5/c1-12(2,3)23-11(20)17-9-4-7(6-19)10(18(21)22)5-8(9)13(14,15)16/h4-6H,1-3H3,(H,17,20). The number of aldehydes is 1. The molecule has 126 valence electrons. The molecular weight excluding hydrogens is 321 g/mol. The molecule has 0 radical (unpaired) electrons. The molecule has 10 heteroatoms. The van der Waals surface area contributed by atoms with E-state index in [-0.39, 0.29) is 12.4 Å². The van der Waals surface area contributed by atoms with Crippen molar-refractivity contribution in [3.63, 3.8) is 0 Å². The van der Waals surface area contributed by atoms with Crippen molar-refractivity contribution < 1.29 is 32.4 Å². The van der Waals surface area contributed by atoms with Crippen molar-refractivity contribution in [3.8, 4) is 0 Å². The van der Waals surface area contributed by atoms with Gasteiger partial charge in [-0.25, -0.2) is 4.79 Å². The zero-order valence-electron chi connectivity index (χ0n) is 12.4. The molecule has 1 rings (SSSR count). The summed E-state index contributed by atoms with van der Waals surface area (Å²) in [6, 6.07) is 0.772. The number of nitro groups is 1. The second-order valence-electron chi connectivity index (χ2n) is 5.46. The Morgan fingerprint density at radius 2 is 1.87 bits per heavy atom. The minimum atomic E-state index is -4.98. The lowest BCUT2D eigenvalue weighted by Crippen LogP contribution is -2.28. The smallest absolute Gasteiger partial charge is 0.418 e. The van der Waals surface area contributed by atoms with Gasteiger partial charge in [-0.2, -0.15) is 13.2 Å². The Balaban J connectivity index is 3.37. The summed E-state index contributed by atoms with van der Waals surface area (Å²) in [7, 11) is 0. The fraction of sp³-hybridized carbons (Fsp3) is 0.385. The number of anilines is 1. The van der Waals surface area contributed by atoms with Crippen molar-refractivity contribution in [2.75, 3.05) is 5.32 Å². The number of amides is 1. The number of rotatable bonds is 3. The van der Waals surface area contributed by atoms with E-state index in [1.807, 2.05) is 5.32 Å². The van der Waals surface area contributed by atoms with Crippen LogP contribution in [0.25, 0.3) is 0 Å². The van der Waals surface area contributed by atoms with Crippen molar-refractivity contribution in [2.24, 2.45) is 0 Å². The Kier molecular flexibility index (Phi) is 4.98. The average Bonchev–Trinajstić information content (AvgIpc) is 2.33. The maximum absolute atomic E-state index is 13.0. The van der Waals surface area contributed by atoms with Crippen molar-refractivity contribution in [3.05, 3.63) is 33.4 Å². The molecule has 0 aliphatic rings. The fourth-order valence-electron chi connectivity index (χ4n) is 1.61. The van der Waals surface area contributed by atoms with Crippen LogP contribution in [0.5, 0.6) is 0 Å². The molecule has 0 aromatic heterocycles. The lowest BCUT2D eigenvalue weighted by molar-refractivity contribution is -0.385. The van der Waals surface area contributed by atoms with Gasteiger partial charge >= 0.3 is 12.3 Å². The largest absolute Gasteiger partial charge is 0.444 e. The minimum Gasteiger partial charge on any atom is -0.444 e. The van der Waals surface area contributed by atoms with Gasteiger partial charge in [-0.1, -0.05) is 0 Å². The number of nitrogens with one attached hydrogen (secondary N) is 1. The number of carbonyl (C=O) groups is 2. The van der Waals surface area contributed by atoms with Crippen molar-refractivity contribution >= 4 is 23.8 Å². The van der Waals surface area contributed by atoms with E-state index >= 15 is 0 Å². The summed E-state index contributed by atoms with van der Waals surface area (Å²) in [5.74, 6) is 0. The van der Waals surface area contributed by atoms with Gasteiger partial charge in [0.05, 0.1) is 21.7 Å². The first kappa shape index (κ1) is 18.4. The lowest BCUT2D eigenvalue weighted by atomic mass is 10.1. The second-order valence-corrected chi connectivity index (χ2v) is 5.46. The number of ether oxygens (including phenoxy) is 1. The highest BCUT2D eigenvalue weighted by molar-refractivity contribution is 5.90. The van der Waals surface area contributed by atoms with Crippen LogP contribution >= 0.6 is 0 Å². The zero-order chi connectivity index (χ0) is 18.0. The van der Waals surface area contributed by atoms with Crippen LogP contribution < -0.4 is 5.32 Å². The molecule has 0 aliphatic heterocycles. The molecule has 0 saturated heterocycles. The summed E-state index contributed by atoms with van der Waals surface area (Å²) >= 11 is 0. The third kappa shape index (κ3) is 4.94. The molecule has 0 spiro atoms. The first-order valence-corrected chi connectivity index (χ1v) is 6.20. The molecule has 0 heterocycles. The van der Waals surface area contributed by atoms with Crippen molar-refractivity contribution in [1.82, 2.24) is 0 Å². The Morgan fingerprint density at radius 1 is 1.30 bits per heavy atom. The van der Waals surface area contributed by atoms with Crippen LogP contribution in [0.1, 0.15) is 36.7 Å². The molecule has 0 aliphatic carbocycles. The number of nitro benzene ring substituents is 1. The summed E-state index contributed by atoms with van der Waals surface area (Å²) in [6.45, 7) is 4.51. The second kappa shape index (κ2) is 6.23. The van der Waals surface area contributed by atoms with E-state index in [0.29, 0.717) is 6.07 Å².